The molecule has 1 aromatic carbocycles. The normalized spacial score (nSPS) is 21.5. The summed E-state index contributed by atoms with van der Waals surface area (Å²) in [6.07, 6.45) is 0.903. The van der Waals surface area contributed by atoms with Crippen LogP contribution in [0.2, 0.25) is 0 Å². The van der Waals surface area contributed by atoms with Crippen molar-refractivity contribution >= 4 is 11.9 Å². The fourth-order valence-corrected chi connectivity index (χ4v) is 1.60. The maximum atomic E-state index is 10.5. The third-order valence-electron chi connectivity index (χ3n) is 2.98. The van der Waals surface area contributed by atoms with Crippen LogP contribution in [0.4, 0.5) is 0 Å². The van der Waals surface area contributed by atoms with Gasteiger partial charge in [0, 0.05) is 13.1 Å². The van der Waals surface area contributed by atoms with Gasteiger partial charge in [-0.25, -0.2) is 9.59 Å². The Labute approximate surface area is 127 Å². The second-order valence-electron chi connectivity index (χ2n) is 4.83. The Balaban J connectivity index is 0.000000162. The Kier molecular flexibility index (Phi) is 5.84. The summed E-state index contributed by atoms with van der Waals surface area (Å²) < 4.78 is 9.99. The minimum Gasteiger partial charge on any atom is -0.478 e. The number of ether oxygens (including phenoxy) is 2. The Morgan fingerprint density at radius 3 is 1.59 bits per heavy atom. The van der Waals surface area contributed by atoms with Crippen molar-refractivity contribution in [3.8, 4) is 0 Å². The maximum absolute atomic E-state index is 10.5. The molecular weight excluding hydrogens is 292 g/mol. The zero-order valence-corrected chi connectivity index (χ0v) is 11.8. The summed E-state index contributed by atoms with van der Waals surface area (Å²) in [5.41, 5.74) is 5.75. The third-order valence-corrected chi connectivity index (χ3v) is 2.98. The van der Waals surface area contributed by atoms with Crippen LogP contribution in [0.3, 0.4) is 0 Å². The van der Waals surface area contributed by atoms with Crippen molar-refractivity contribution in [1.82, 2.24) is 10.9 Å². The molecule has 2 saturated heterocycles. The molecule has 0 saturated carbocycles. The average Bonchev–Trinajstić information content (AvgIpc) is 3.38. The highest BCUT2D eigenvalue weighted by molar-refractivity contribution is 6.01. The third kappa shape index (κ3) is 5.78. The molecule has 2 aliphatic rings. The lowest BCUT2D eigenvalue weighted by molar-refractivity contribution is 0.0651. The van der Waals surface area contributed by atoms with Crippen LogP contribution in [-0.4, -0.2) is 60.7 Å². The molecule has 8 heteroatoms. The molecule has 4 N–H and O–H groups in total. The predicted molar refractivity (Wildman–Crippen MR) is 75.8 cm³/mol. The average molecular weight is 310 g/mol. The van der Waals surface area contributed by atoms with E-state index in [9.17, 15) is 9.59 Å². The van der Waals surface area contributed by atoms with Gasteiger partial charge in [-0.2, -0.15) is 0 Å². The van der Waals surface area contributed by atoms with E-state index in [1.807, 2.05) is 0 Å². The molecule has 0 aromatic heterocycles. The van der Waals surface area contributed by atoms with Gasteiger partial charge in [0.1, 0.15) is 0 Å². The second kappa shape index (κ2) is 7.85. The molecule has 2 fully saturated rings. The Hall–Kier alpha value is -2.00. The summed E-state index contributed by atoms with van der Waals surface area (Å²) in [4.78, 5) is 20.9. The first kappa shape index (κ1) is 16.4. The van der Waals surface area contributed by atoms with Gasteiger partial charge < -0.3 is 19.7 Å². The second-order valence-corrected chi connectivity index (χ2v) is 4.83. The van der Waals surface area contributed by atoms with E-state index in [2.05, 4.69) is 10.9 Å². The molecule has 0 aliphatic carbocycles. The molecule has 0 bridgehead atoms. The van der Waals surface area contributed by atoms with E-state index in [0.29, 0.717) is 12.2 Å². The van der Waals surface area contributed by atoms with Crippen LogP contribution in [0.15, 0.2) is 24.3 Å². The number of carboxylic acids is 2. The molecule has 120 valence electrons. The predicted octanol–water partition coefficient (Wildman–Crippen LogP) is -0.0388. The number of epoxide rings is 2. The lowest BCUT2D eigenvalue weighted by Gasteiger charge is -2.01. The number of hydrazine groups is 1. The number of carbonyl (C=O) groups is 2. The van der Waals surface area contributed by atoms with Crippen LogP contribution >= 0.6 is 0 Å². The highest BCUT2D eigenvalue weighted by Crippen LogP contribution is 2.08. The Bertz CT molecular complexity index is 481. The van der Waals surface area contributed by atoms with Crippen molar-refractivity contribution in [3.63, 3.8) is 0 Å². The van der Waals surface area contributed by atoms with Gasteiger partial charge >= 0.3 is 11.9 Å². The Morgan fingerprint density at radius 2 is 1.32 bits per heavy atom. The number of aromatic carboxylic acids is 2. The summed E-state index contributed by atoms with van der Waals surface area (Å²) in [6.45, 7) is 3.64. The number of hydrogen-bond acceptors (Lipinski definition) is 6. The molecule has 1 aromatic rings. The molecule has 2 aliphatic heterocycles. The molecule has 0 radical (unpaired) electrons. The van der Waals surface area contributed by atoms with E-state index in [-0.39, 0.29) is 11.1 Å². The van der Waals surface area contributed by atoms with Gasteiger partial charge in [0.25, 0.3) is 0 Å². The minimum absolute atomic E-state index is 0.190. The van der Waals surface area contributed by atoms with E-state index in [1.54, 1.807) is 0 Å². The fraction of sp³-hybridized carbons (Fsp3) is 0.429. The zero-order chi connectivity index (χ0) is 15.9. The van der Waals surface area contributed by atoms with Crippen molar-refractivity contribution in [2.24, 2.45) is 0 Å². The number of hydrogen-bond donors (Lipinski definition) is 4. The number of benzene rings is 1. The van der Waals surface area contributed by atoms with E-state index in [4.69, 9.17) is 19.7 Å². The van der Waals surface area contributed by atoms with Crippen LogP contribution in [0.1, 0.15) is 20.7 Å². The number of nitrogens with one attached hydrogen (secondary N) is 2. The first-order valence-electron chi connectivity index (χ1n) is 6.82. The van der Waals surface area contributed by atoms with Crippen molar-refractivity contribution < 1.29 is 29.3 Å². The molecule has 0 amide bonds. The molecular formula is C14H18N2O6. The first-order chi connectivity index (χ1) is 10.6. The summed E-state index contributed by atoms with van der Waals surface area (Å²) in [6, 6.07) is 5.48. The largest absolute Gasteiger partial charge is 0.478 e. The zero-order valence-electron chi connectivity index (χ0n) is 11.8. The molecule has 2 unspecified atom stereocenters. The lowest BCUT2D eigenvalue weighted by atomic mass is 10.1. The highest BCUT2D eigenvalue weighted by Gasteiger charge is 2.23. The van der Waals surface area contributed by atoms with Gasteiger partial charge in [-0.1, -0.05) is 12.1 Å². The quantitative estimate of drug-likeness (QED) is 0.314. The highest BCUT2D eigenvalue weighted by atomic mass is 16.6. The van der Waals surface area contributed by atoms with Crippen LogP contribution in [-0.2, 0) is 9.47 Å². The van der Waals surface area contributed by atoms with Crippen LogP contribution in [0, 0.1) is 0 Å². The number of carboxylic acid groups (broad SMARTS) is 2. The summed E-state index contributed by atoms with van der Waals surface area (Å²) in [7, 11) is 0. The van der Waals surface area contributed by atoms with Crippen LogP contribution in [0.5, 0.6) is 0 Å². The maximum Gasteiger partial charge on any atom is 0.336 e. The van der Waals surface area contributed by atoms with Gasteiger partial charge in [-0.15, -0.1) is 0 Å². The summed E-state index contributed by atoms with van der Waals surface area (Å²) >= 11 is 0. The fourth-order valence-electron chi connectivity index (χ4n) is 1.60. The monoisotopic (exact) mass is 310 g/mol. The van der Waals surface area contributed by atoms with Gasteiger partial charge in [0.2, 0.25) is 0 Å². The Morgan fingerprint density at radius 1 is 0.955 bits per heavy atom. The lowest BCUT2D eigenvalue weighted by Crippen LogP contribution is -2.37. The SMILES string of the molecule is C(NNCC1CO1)C1CO1.O=C(O)c1ccccc1C(=O)O. The molecule has 2 atom stereocenters. The smallest absolute Gasteiger partial charge is 0.336 e. The van der Waals surface area contributed by atoms with Gasteiger partial charge in [-0.3, -0.25) is 10.9 Å². The van der Waals surface area contributed by atoms with E-state index < -0.39 is 11.9 Å². The molecule has 8 nitrogen and oxygen atoms in total. The van der Waals surface area contributed by atoms with Crippen molar-refractivity contribution in [3.05, 3.63) is 35.4 Å². The van der Waals surface area contributed by atoms with E-state index in [0.717, 1.165) is 26.3 Å². The van der Waals surface area contributed by atoms with Crippen LogP contribution < -0.4 is 10.9 Å². The van der Waals surface area contributed by atoms with Crippen LogP contribution in [0.25, 0.3) is 0 Å². The van der Waals surface area contributed by atoms with E-state index in [1.165, 1.54) is 24.3 Å². The van der Waals surface area contributed by atoms with Gasteiger partial charge in [-0.05, 0) is 12.1 Å². The first-order valence-corrected chi connectivity index (χ1v) is 6.82. The topological polar surface area (TPSA) is 124 Å². The number of rotatable bonds is 7. The van der Waals surface area contributed by atoms with E-state index >= 15 is 0 Å². The van der Waals surface area contributed by atoms with Crippen molar-refractivity contribution in [2.45, 2.75) is 12.2 Å². The van der Waals surface area contributed by atoms with Gasteiger partial charge in [0.15, 0.2) is 0 Å². The summed E-state index contributed by atoms with van der Waals surface area (Å²) in [5.74, 6) is -2.46. The minimum atomic E-state index is -1.23. The van der Waals surface area contributed by atoms with Crippen molar-refractivity contribution in [1.29, 1.82) is 0 Å². The molecule has 3 rings (SSSR count). The summed E-state index contributed by atoms with van der Waals surface area (Å²) in [5, 5.41) is 17.1. The molecule has 0 spiro atoms. The molecule has 2 heterocycles. The van der Waals surface area contributed by atoms with Gasteiger partial charge in [0.05, 0.1) is 36.5 Å². The molecule has 22 heavy (non-hydrogen) atoms. The standard InChI is InChI=1S/C8H6O4.C6H12N2O2/c9-7(10)5-3-1-2-4-6(5)8(11)12;1(5-3-9-5)7-8-2-6-4-10-6/h1-4H,(H,9,10)(H,11,12);5-8H,1-4H2. The van der Waals surface area contributed by atoms with Crippen molar-refractivity contribution in [2.75, 3.05) is 26.3 Å².